The van der Waals surface area contributed by atoms with Gasteiger partial charge in [0.1, 0.15) is 5.75 Å². The van der Waals surface area contributed by atoms with Crippen LogP contribution in [0.15, 0.2) is 24.3 Å². The molecule has 0 heterocycles. The van der Waals surface area contributed by atoms with Gasteiger partial charge in [-0.05, 0) is 31.5 Å². The standard InChI is InChI=1S/C12H20N2O/c1-12(2,9-13)14-8-10-4-6-11(15-3)7-5-10/h4-7,14H,8-9,13H2,1-3H3. The van der Waals surface area contributed by atoms with Gasteiger partial charge >= 0.3 is 0 Å². The summed E-state index contributed by atoms with van der Waals surface area (Å²) in [4.78, 5) is 0. The van der Waals surface area contributed by atoms with E-state index >= 15 is 0 Å². The van der Waals surface area contributed by atoms with E-state index in [0.717, 1.165) is 12.3 Å². The summed E-state index contributed by atoms with van der Waals surface area (Å²) in [5.41, 5.74) is 6.85. The maximum Gasteiger partial charge on any atom is 0.118 e. The van der Waals surface area contributed by atoms with Crippen molar-refractivity contribution in [1.29, 1.82) is 0 Å². The van der Waals surface area contributed by atoms with Gasteiger partial charge in [0.15, 0.2) is 0 Å². The molecule has 0 unspecified atom stereocenters. The van der Waals surface area contributed by atoms with Crippen LogP contribution in [-0.4, -0.2) is 19.2 Å². The fraction of sp³-hybridized carbons (Fsp3) is 0.500. The van der Waals surface area contributed by atoms with Crippen molar-refractivity contribution in [2.24, 2.45) is 5.73 Å². The lowest BCUT2D eigenvalue weighted by Crippen LogP contribution is -2.45. The molecule has 0 spiro atoms. The monoisotopic (exact) mass is 208 g/mol. The minimum absolute atomic E-state index is 0.0140. The Kier molecular flexibility index (Phi) is 4.12. The van der Waals surface area contributed by atoms with Crippen molar-refractivity contribution in [2.75, 3.05) is 13.7 Å². The predicted molar refractivity (Wildman–Crippen MR) is 63.0 cm³/mol. The highest BCUT2D eigenvalue weighted by molar-refractivity contribution is 5.27. The topological polar surface area (TPSA) is 47.3 Å². The van der Waals surface area contributed by atoms with Crippen LogP contribution in [0.2, 0.25) is 0 Å². The molecule has 0 aliphatic rings. The van der Waals surface area contributed by atoms with Gasteiger partial charge in [-0.15, -0.1) is 0 Å². The van der Waals surface area contributed by atoms with Gasteiger partial charge in [-0.2, -0.15) is 0 Å². The van der Waals surface area contributed by atoms with Gasteiger partial charge in [-0.25, -0.2) is 0 Å². The first-order valence-corrected chi connectivity index (χ1v) is 5.15. The van der Waals surface area contributed by atoms with Gasteiger partial charge in [0.2, 0.25) is 0 Å². The second-order valence-electron chi connectivity index (χ2n) is 4.29. The van der Waals surface area contributed by atoms with Crippen molar-refractivity contribution in [3.8, 4) is 5.75 Å². The molecule has 0 saturated heterocycles. The fourth-order valence-corrected chi connectivity index (χ4v) is 1.16. The van der Waals surface area contributed by atoms with Crippen LogP contribution in [0.1, 0.15) is 19.4 Å². The maximum absolute atomic E-state index is 5.63. The molecule has 0 amide bonds. The molecule has 0 fully saturated rings. The van der Waals surface area contributed by atoms with E-state index in [1.54, 1.807) is 7.11 Å². The highest BCUT2D eigenvalue weighted by Gasteiger charge is 2.13. The molecule has 1 aromatic carbocycles. The first kappa shape index (κ1) is 12.0. The van der Waals surface area contributed by atoms with Gasteiger partial charge in [0.05, 0.1) is 7.11 Å². The van der Waals surface area contributed by atoms with Crippen molar-refractivity contribution in [3.05, 3.63) is 29.8 Å². The molecule has 0 aliphatic carbocycles. The van der Waals surface area contributed by atoms with Crippen LogP contribution in [0.5, 0.6) is 5.75 Å². The summed E-state index contributed by atoms with van der Waals surface area (Å²) in [6, 6.07) is 8.04. The van der Waals surface area contributed by atoms with E-state index < -0.39 is 0 Å². The minimum atomic E-state index is -0.0140. The molecule has 1 aromatic rings. The lowest BCUT2D eigenvalue weighted by Gasteiger charge is -2.24. The van der Waals surface area contributed by atoms with Gasteiger partial charge in [0, 0.05) is 18.6 Å². The van der Waals surface area contributed by atoms with Gasteiger partial charge < -0.3 is 15.8 Å². The lowest BCUT2D eigenvalue weighted by atomic mass is 10.1. The van der Waals surface area contributed by atoms with Crippen LogP contribution in [0.4, 0.5) is 0 Å². The first-order valence-electron chi connectivity index (χ1n) is 5.15. The van der Waals surface area contributed by atoms with E-state index in [9.17, 15) is 0 Å². The smallest absolute Gasteiger partial charge is 0.118 e. The third-order valence-electron chi connectivity index (χ3n) is 2.44. The Hall–Kier alpha value is -1.06. The molecule has 3 nitrogen and oxygen atoms in total. The first-order chi connectivity index (χ1) is 7.07. The summed E-state index contributed by atoms with van der Waals surface area (Å²) in [5.74, 6) is 0.886. The van der Waals surface area contributed by atoms with E-state index in [1.165, 1.54) is 5.56 Å². The SMILES string of the molecule is COc1ccc(CNC(C)(C)CN)cc1. The van der Waals surface area contributed by atoms with E-state index in [1.807, 2.05) is 12.1 Å². The van der Waals surface area contributed by atoms with Crippen LogP contribution >= 0.6 is 0 Å². The van der Waals surface area contributed by atoms with Gasteiger partial charge in [-0.3, -0.25) is 0 Å². The second kappa shape index (κ2) is 5.14. The number of benzene rings is 1. The molecule has 0 aromatic heterocycles. The van der Waals surface area contributed by atoms with Gasteiger partial charge in [0.25, 0.3) is 0 Å². The average Bonchev–Trinajstić information content (AvgIpc) is 2.27. The van der Waals surface area contributed by atoms with Gasteiger partial charge in [-0.1, -0.05) is 12.1 Å². The van der Waals surface area contributed by atoms with Crippen molar-refractivity contribution in [3.63, 3.8) is 0 Å². The summed E-state index contributed by atoms with van der Waals surface area (Å²) in [7, 11) is 1.67. The van der Waals surface area contributed by atoms with E-state index in [-0.39, 0.29) is 5.54 Å². The fourth-order valence-electron chi connectivity index (χ4n) is 1.16. The molecule has 0 radical (unpaired) electrons. The minimum Gasteiger partial charge on any atom is -0.497 e. The Morgan fingerprint density at radius 2 is 1.87 bits per heavy atom. The molecule has 0 aliphatic heterocycles. The Bertz CT molecular complexity index is 293. The number of nitrogens with two attached hydrogens (primary N) is 1. The highest BCUT2D eigenvalue weighted by atomic mass is 16.5. The van der Waals surface area contributed by atoms with Crippen molar-refractivity contribution < 1.29 is 4.74 Å². The molecule has 0 saturated carbocycles. The molecule has 0 atom stereocenters. The molecule has 84 valence electrons. The zero-order chi connectivity index (χ0) is 11.3. The number of nitrogens with one attached hydrogen (secondary N) is 1. The number of ether oxygens (including phenoxy) is 1. The zero-order valence-corrected chi connectivity index (χ0v) is 9.71. The summed E-state index contributed by atoms with van der Waals surface area (Å²) in [6.07, 6.45) is 0. The lowest BCUT2D eigenvalue weighted by molar-refractivity contribution is 0.396. The Morgan fingerprint density at radius 3 is 2.33 bits per heavy atom. The van der Waals surface area contributed by atoms with Crippen LogP contribution in [0.3, 0.4) is 0 Å². The molecule has 3 heteroatoms. The van der Waals surface area contributed by atoms with E-state index in [4.69, 9.17) is 10.5 Å². The largest absolute Gasteiger partial charge is 0.497 e. The summed E-state index contributed by atoms with van der Waals surface area (Å²) in [6.45, 7) is 5.64. The van der Waals surface area contributed by atoms with Crippen LogP contribution < -0.4 is 15.8 Å². The normalized spacial score (nSPS) is 11.5. The highest BCUT2D eigenvalue weighted by Crippen LogP contribution is 2.11. The van der Waals surface area contributed by atoms with Crippen molar-refractivity contribution in [1.82, 2.24) is 5.32 Å². The number of hydrogen-bond acceptors (Lipinski definition) is 3. The molecule has 0 bridgehead atoms. The third kappa shape index (κ3) is 3.90. The Balaban J connectivity index is 2.51. The van der Waals surface area contributed by atoms with Crippen molar-refractivity contribution >= 4 is 0 Å². The molecule has 1 rings (SSSR count). The number of methoxy groups -OCH3 is 1. The summed E-state index contributed by atoms with van der Waals surface area (Å²) < 4.78 is 5.10. The van der Waals surface area contributed by atoms with Crippen LogP contribution in [0, 0.1) is 0 Å². The average molecular weight is 208 g/mol. The van der Waals surface area contributed by atoms with Crippen LogP contribution in [0.25, 0.3) is 0 Å². The van der Waals surface area contributed by atoms with E-state index in [0.29, 0.717) is 6.54 Å². The number of rotatable bonds is 5. The van der Waals surface area contributed by atoms with Crippen LogP contribution in [-0.2, 0) is 6.54 Å². The van der Waals surface area contributed by atoms with E-state index in [2.05, 4.69) is 31.3 Å². The maximum atomic E-state index is 5.63. The summed E-state index contributed by atoms with van der Waals surface area (Å²) in [5, 5.41) is 3.40. The zero-order valence-electron chi connectivity index (χ0n) is 9.71. The quantitative estimate of drug-likeness (QED) is 0.771. The Morgan fingerprint density at radius 1 is 1.27 bits per heavy atom. The summed E-state index contributed by atoms with van der Waals surface area (Å²) >= 11 is 0. The molecular weight excluding hydrogens is 188 g/mol. The van der Waals surface area contributed by atoms with Crippen molar-refractivity contribution in [2.45, 2.75) is 25.9 Å². The molecule has 15 heavy (non-hydrogen) atoms. The molecular formula is C12H20N2O. The third-order valence-corrected chi connectivity index (χ3v) is 2.44. The second-order valence-corrected chi connectivity index (χ2v) is 4.29. The Labute approximate surface area is 91.6 Å². The predicted octanol–water partition coefficient (Wildman–Crippen LogP) is 1.52. The number of hydrogen-bond donors (Lipinski definition) is 2. The molecule has 3 N–H and O–H groups in total.